The Bertz CT molecular complexity index is 1010. The van der Waals surface area contributed by atoms with Gasteiger partial charge in [0.2, 0.25) is 0 Å². The van der Waals surface area contributed by atoms with E-state index in [1.54, 1.807) is 13.0 Å². The highest BCUT2D eigenvalue weighted by atomic mass is 79.9. The lowest BCUT2D eigenvalue weighted by molar-refractivity contribution is 0.0692. The van der Waals surface area contributed by atoms with Crippen LogP contribution in [0.25, 0.3) is 0 Å². The second-order valence-corrected chi connectivity index (χ2v) is 9.30. The highest BCUT2D eigenvalue weighted by Crippen LogP contribution is 2.45. The van der Waals surface area contributed by atoms with Crippen LogP contribution in [0.3, 0.4) is 0 Å². The molecule has 1 aliphatic rings. The van der Waals surface area contributed by atoms with Gasteiger partial charge in [0.15, 0.2) is 9.84 Å². The van der Waals surface area contributed by atoms with Gasteiger partial charge in [-0.3, -0.25) is 0 Å². The van der Waals surface area contributed by atoms with Crippen LogP contribution in [-0.4, -0.2) is 29.7 Å². The summed E-state index contributed by atoms with van der Waals surface area (Å²) in [6.07, 6.45) is 1.81. The Balaban J connectivity index is 2.12. The van der Waals surface area contributed by atoms with Crippen molar-refractivity contribution >= 4 is 31.7 Å². The average molecular weight is 441 g/mol. The van der Waals surface area contributed by atoms with Crippen LogP contribution < -0.4 is 0 Å². The fourth-order valence-corrected chi connectivity index (χ4v) is 5.05. The molecule has 0 unspecified atom stereocenters. The van der Waals surface area contributed by atoms with Gasteiger partial charge in [0.05, 0.1) is 5.75 Å². The smallest absolute Gasteiger partial charge is 0.339 e. The monoisotopic (exact) mass is 440 g/mol. The molecule has 6 nitrogen and oxygen atoms in total. The third kappa shape index (κ3) is 3.43. The molecular weight excluding hydrogens is 424 g/mol. The number of carboxylic acids is 1. The quantitative estimate of drug-likeness (QED) is 0.652. The summed E-state index contributed by atoms with van der Waals surface area (Å²) in [5, 5.41) is 29.7. The molecule has 0 aromatic heterocycles. The van der Waals surface area contributed by atoms with Crippen LogP contribution in [0, 0.1) is 6.92 Å². The van der Waals surface area contributed by atoms with E-state index in [9.17, 15) is 28.5 Å². The molecule has 26 heavy (non-hydrogen) atoms. The van der Waals surface area contributed by atoms with Crippen molar-refractivity contribution in [2.24, 2.45) is 0 Å². The lowest BCUT2D eigenvalue weighted by atomic mass is 9.95. The summed E-state index contributed by atoms with van der Waals surface area (Å²) in [6.45, 7) is 1.62. The van der Waals surface area contributed by atoms with Gasteiger partial charge in [0.25, 0.3) is 0 Å². The van der Waals surface area contributed by atoms with Crippen molar-refractivity contribution in [1.82, 2.24) is 0 Å². The first-order valence-electron chi connectivity index (χ1n) is 7.91. The normalized spacial score (nSPS) is 14.4. The summed E-state index contributed by atoms with van der Waals surface area (Å²) >= 11 is 3.17. The van der Waals surface area contributed by atoms with Crippen LogP contribution in [0.5, 0.6) is 11.5 Å². The van der Waals surface area contributed by atoms with Crippen LogP contribution in [0.15, 0.2) is 33.6 Å². The van der Waals surface area contributed by atoms with Crippen LogP contribution in [-0.2, 0) is 15.6 Å². The topological polar surface area (TPSA) is 112 Å². The zero-order valence-electron chi connectivity index (χ0n) is 13.9. The molecule has 0 bridgehead atoms. The highest BCUT2D eigenvalue weighted by molar-refractivity contribution is 9.10. The highest BCUT2D eigenvalue weighted by Gasteiger charge is 2.31. The Labute approximate surface area is 159 Å². The predicted octanol–water partition coefficient (Wildman–Crippen LogP) is 3.72. The number of aromatic carboxylic acids is 1. The molecule has 0 aliphatic heterocycles. The molecule has 0 amide bonds. The molecule has 1 aliphatic carbocycles. The molecule has 1 fully saturated rings. The van der Waals surface area contributed by atoms with Crippen molar-refractivity contribution in [1.29, 1.82) is 0 Å². The van der Waals surface area contributed by atoms with Gasteiger partial charge in [-0.2, -0.15) is 0 Å². The molecule has 2 aromatic carbocycles. The number of rotatable bonds is 5. The van der Waals surface area contributed by atoms with Gasteiger partial charge in [-0.1, -0.05) is 22.0 Å². The summed E-state index contributed by atoms with van der Waals surface area (Å²) in [4.78, 5) is 11.3. The zero-order valence-corrected chi connectivity index (χ0v) is 16.3. The number of hydrogen-bond acceptors (Lipinski definition) is 5. The largest absolute Gasteiger partial charge is 0.507 e. The maximum absolute atomic E-state index is 12.8. The second-order valence-electron chi connectivity index (χ2n) is 6.42. The van der Waals surface area contributed by atoms with Gasteiger partial charge in [-0.15, -0.1) is 0 Å². The molecule has 0 atom stereocenters. The summed E-state index contributed by atoms with van der Waals surface area (Å²) in [5.41, 5.74) is 0.972. The van der Waals surface area contributed by atoms with Crippen LogP contribution in [0.2, 0.25) is 0 Å². The van der Waals surface area contributed by atoms with Crippen molar-refractivity contribution in [3.8, 4) is 11.5 Å². The number of phenols is 2. The van der Waals surface area contributed by atoms with Crippen molar-refractivity contribution in [2.45, 2.75) is 36.3 Å². The van der Waals surface area contributed by atoms with E-state index in [1.807, 2.05) is 0 Å². The van der Waals surface area contributed by atoms with E-state index in [4.69, 9.17) is 0 Å². The first-order valence-corrected chi connectivity index (χ1v) is 10.4. The van der Waals surface area contributed by atoms with Gasteiger partial charge in [0, 0.05) is 10.0 Å². The van der Waals surface area contributed by atoms with E-state index in [0.29, 0.717) is 10.0 Å². The molecule has 2 aromatic rings. The maximum Gasteiger partial charge on any atom is 0.339 e. The van der Waals surface area contributed by atoms with Crippen molar-refractivity contribution in [3.05, 3.63) is 51.0 Å². The molecule has 3 N–H and O–H groups in total. The minimum absolute atomic E-state index is 0.0225. The summed E-state index contributed by atoms with van der Waals surface area (Å²) in [6, 6.07) is 5.60. The summed E-state index contributed by atoms with van der Waals surface area (Å²) in [7, 11) is -4.00. The Morgan fingerprint density at radius 3 is 2.46 bits per heavy atom. The molecule has 3 rings (SSSR count). The van der Waals surface area contributed by atoms with E-state index in [0.717, 1.165) is 18.4 Å². The van der Waals surface area contributed by atoms with Crippen LogP contribution >= 0.6 is 15.9 Å². The Morgan fingerprint density at radius 1 is 1.23 bits per heavy atom. The van der Waals surface area contributed by atoms with E-state index in [-0.39, 0.29) is 21.9 Å². The predicted molar refractivity (Wildman–Crippen MR) is 98.5 cm³/mol. The lowest BCUT2D eigenvalue weighted by Gasteiger charge is -2.15. The standard InChI is InChI=1S/C18H17BrO6S/c1-9-13(10-2-3-10)6-11(17(21)16(9)18(22)23)8-26(24,25)15-7-12(19)4-5-14(15)20/h4-7,10,20-21H,2-3,8H2,1H3,(H,22,23). The van der Waals surface area contributed by atoms with E-state index in [1.165, 1.54) is 18.2 Å². The van der Waals surface area contributed by atoms with Crippen molar-refractivity contribution in [2.75, 3.05) is 0 Å². The minimum atomic E-state index is -4.00. The molecule has 1 saturated carbocycles. The summed E-state index contributed by atoms with van der Waals surface area (Å²) < 4.78 is 26.0. The molecule has 8 heteroatoms. The average Bonchev–Trinajstić information content (AvgIpc) is 3.36. The van der Waals surface area contributed by atoms with Gasteiger partial charge in [0.1, 0.15) is 22.0 Å². The van der Waals surface area contributed by atoms with Gasteiger partial charge in [-0.25, -0.2) is 13.2 Å². The number of hydrogen-bond donors (Lipinski definition) is 3. The summed E-state index contributed by atoms with van der Waals surface area (Å²) in [5.74, 6) is -2.66. The third-order valence-electron chi connectivity index (χ3n) is 4.51. The lowest BCUT2D eigenvalue weighted by Crippen LogP contribution is -2.10. The number of carbonyl (C=O) groups is 1. The van der Waals surface area contributed by atoms with Gasteiger partial charge >= 0.3 is 5.97 Å². The molecule has 0 heterocycles. The Morgan fingerprint density at radius 2 is 1.88 bits per heavy atom. The van der Waals surface area contributed by atoms with Crippen molar-refractivity contribution in [3.63, 3.8) is 0 Å². The number of halogens is 1. The molecule has 0 saturated heterocycles. The first kappa shape index (κ1) is 18.7. The first-order chi connectivity index (χ1) is 12.1. The second kappa shape index (κ2) is 6.59. The Kier molecular flexibility index (Phi) is 4.74. The van der Waals surface area contributed by atoms with E-state index < -0.39 is 33.1 Å². The third-order valence-corrected chi connectivity index (χ3v) is 6.69. The van der Waals surface area contributed by atoms with E-state index >= 15 is 0 Å². The molecule has 138 valence electrons. The molecule has 0 spiro atoms. The van der Waals surface area contributed by atoms with Gasteiger partial charge in [-0.05, 0) is 55.0 Å². The fraction of sp³-hybridized carbons (Fsp3) is 0.278. The number of sulfone groups is 1. The number of aromatic hydroxyl groups is 2. The maximum atomic E-state index is 12.8. The number of phenolic OH excluding ortho intramolecular Hbond substituents is 1. The van der Waals surface area contributed by atoms with Crippen LogP contribution in [0.1, 0.15) is 45.8 Å². The zero-order chi connectivity index (χ0) is 19.2. The number of benzene rings is 2. The minimum Gasteiger partial charge on any atom is -0.507 e. The van der Waals surface area contributed by atoms with Crippen molar-refractivity contribution < 1.29 is 28.5 Å². The SMILES string of the molecule is Cc1c(C2CC2)cc(CS(=O)(=O)c2cc(Br)ccc2O)c(O)c1C(=O)O. The van der Waals surface area contributed by atoms with Gasteiger partial charge < -0.3 is 15.3 Å². The number of carboxylic acid groups (broad SMARTS) is 1. The molecule has 0 radical (unpaired) electrons. The Hall–Kier alpha value is -2.06. The molecular formula is C18H17BrO6S. The fourth-order valence-electron chi connectivity index (χ4n) is 3.06. The van der Waals surface area contributed by atoms with Crippen LogP contribution in [0.4, 0.5) is 0 Å². The van der Waals surface area contributed by atoms with E-state index in [2.05, 4.69) is 15.9 Å².